The van der Waals surface area contributed by atoms with Gasteiger partial charge in [-0.15, -0.1) is 0 Å². The highest BCUT2D eigenvalue weighted by atomic mass is 15.1. The lowest BCUT2D eigenvalue weighted by Gasteiger charge is -2.18. The van der Waals surface area contributed by atoms with E-state index in [2.05, 4.69) is 14.1 Å². The highest BCUT2D eigenvalue weighted by Crippen LogP contribution is 2.22. The van der Waals surface area contributed by atoms with Gasteiger partial charge in [-0.3, -0.25) is 0 Å². The van der Waals surface area contributed by atoms with Crippen molar-refractivity contribution >= 4 is 0 Å². The summed E-state index contributed by atoms with van der Waals surface area (Å²) in [7, 11) is 6.06. The van der Waals surface area contributed by atoms with Gasteiger partial charge in [-0.05, 0) is 12.8 Å². The van der Waals surface area contributed by atoms with E-state index in [0.29, 0.717) is 0 Å². The van der Waals surface area contributed by atoms with E-state index in [0.717, 1.165) is 5.92 Å². The molecular formula is C8H17N. The molecule has 0 amide bonds. The first kappa shape index (κ1) is 7.07. The summed E-state index contributed by atoms with van der Waals surface area (Å²) in [5, 5.41) is 0. The van der Waals surface area contributed by atoms with Crippen LogP contribution >= 0.6 is 0 Å². The topological polar surface area (TPSA) is 4.44 Å². The van der Waals surface area contributed by atoms with Crippen LogP contribution in [0.15, 0.2) is 0 Å². The van der Waals surface area contributed by atoms with Crippen molar-refractivity contribution in [2.24, 2.45) is 5.92 Å². The minimum absolute atomic E-state index is 0.988. The van der Waals surface area contributed by atoms with Crippen LogP contribution < -0.4 is 4.90 Å². The Kier molecular flexibility index (Phi) is 2.52. The van der Waals surface area contributed by atoms with Crippen LogP contribution in [0.1, 0.15) is 25.7 Å². The van der Waals surface area contributed by atoms with E-state index in [9.17, 15) is 0 Å². The van der Waals surface area contributed by atoms with Crippen molar-refractivity contribution in [1.82, 2.24) is 0 Å². The highest BCUT2D eigenvalue weighted by molar-refractivity contribution is 4.65. The number of hydrogen-bond donors (Lipinski definition) is 1. The maximum absolute atomic E-state index is 3.92. The van der Waals surface area contributed by atoms with Gasteiger partial charge in [0.15, 0.2) is 0 Å². The van der Waals surface area contributed by atoms with Crippen molar-refractivity contribution in [2.45, 2.75) is 25.7 Å². The number of quaternary nitrogens is 1. The number of nitrogens with one attached hydrogen (secondary N) is 1. The molecular weight excluding hydrogens is 110 g/mol. The fraction of sp³-hybridized carbons (Fsp3) is 0.875. The molecule has 1 N–H and O–H groups in total. The summed E-state index contributed by atoms with van der Waals surface area (Å²) in [6.07, 6.45) is 5.82. The molecule has 9 heavy (non-hydrogen) atoms. The minimum atomic E-state index is 0.988. The molecule has 1 aliphatic carbocycles. The standard InChI is InChI=1S/C8H17N/c1-9(2)7-8-5-3-4-6-8/h8-9H,1,3-7H2,2H3. The Balaban J connectivity index is 2.11. The first-order valence-corrected chi connectivity index (χ1v) is 3.93. The molecule has 1 aliphatic rings. The van der Waals surface area contributed by atoms with Crippen LogP contribution in [0.3, 0.4) is 0 Å². The zero-order valence-electron chi connectivity index (χ0n) is 6.32. The van der Waals surface area contributed by atoms with E-state index in [1.807, 2.05) is 0 Å². The fourth-order valence-electron chi connectivity index (χ4n) is 1.71. The second-order valence-electron chi connectivity index (χ2n) is 3.31. The molecule has 1 nitrogen and oxygen atoms in total. The summed E-state index contributed by atoms with van der Waals surface area (Å²) in [6.45, 7) is 1.28. The maximum atomic E-state index is 3.92. The first-order chi connectivity index (χ1) is 4.29. The van der Waals surface area contributed by atoms with Crippen molar-refractivity contribution < 1.29 is 4.90 Å². The first-order valence-electron chi connectivity index (χ1n) is 3.93. The van der Waals surface area contributed by atoms with Gasteiger partial charge in [0.25, 0.3) is 0 Å². The van der Waals surface area contributed by atoms with Gasteiger partial charge in [-0.2, -0.15) is 7.05 Å². The summed E-state index contributed by atoms with van der Waals surface area (Å²) in [5.74, 6) is 0.988. The van der Waals surface area contributed by atoms with Crippen LogP contribution in [0.5, 0.6) is 0 Å². The average Bonchev–Trinajstić information content (AvgIpc) is 2.15. The summed E-state index contributed by atoms with van der Waals surface area (Å²) in [5.41, 5.74) is 0. The van der Waals surface area contributed by atoms with E-state index in [-0.39, 0.29) is 0 Å². The molecule has 0 bridgehead atoms. The predicted octanol–water partition coefficient (Wildman–Crippen LogP) is 0.483. The fourth-order valence-corrected chi connectivity index (χ4v) is 1.71. The molecule has 1 heteroatoms. The van der Waals surface area contributed by atoms with Gasteiger partial charge in [-0.1, -0.05) is 12.8 Å². The molecule has 1 rings (SSSR count). The molecule has 0 aromatic carbocycles. The van der Waals surface area contributed by atoms with Crippen LogP contribution in [0.25, 0.3) is 0 Å². The minimum Gasteiger partial charge on any atom is -0.470 e. The smallest absolute Gasteiger partial charge is 0.0556 e. The van der Waals surface area contributed by atoms with Crippen molar-refractivity contribution in [3.05, 3.63) is 7.05 Å². The Morgan fingerprint density at radius 3 is 2.44 bits per heavy atom. The van der Waals surface area contributed by atoms with Gasteiger partial charge >= 0.3 is 0 Å². The third kappa shape index (κ3) is 2.35. The number of rotatable bonds is 2. The molecule has 0 radical (unpaired) electrons. The van der Waals surface area contributed by atoms with Crippen molar-refractivity contribution in [1.29, 1.82) is 0 Å². The Labute approximate surface area is 58.0 Å². The summed E-state index contributed by atoms with van der Waals surface area (Å²) in [6, 6.07) is 0. The molecule has 0 saturated heterocycles. The van der Waals surface area contributed by atoms with E-state index in [4.69, 9.17) is 0 Å². The van der Waals surface area contributed by atoms with Crippen molar-refractivity contribution in [3.8, 4) is 0 Å². The number of hydrogen-bond acceptors (Lipinski definition) is 0. The van der Waals surface area contributed by atoms with Gasteiger partial charge in [-0.25, -0.2) is 0 Å². The van der Waals surface area contributed by atoms with Crippen molar-refractivity contribution in [3.63, 3.8) is 0 Å². The Bertz CT molecular complexity index is 72.6. The molecule has 0 heterocycles. The second-order valence-corrected chi connectivity index (χ2v) is 3.31. The Hall–Kier alpha value is -0.0400. The average molecular weight is 127 g/mol. The molecule has 0 aromatic heterocycles. The lowest BCUT2D eigenvalue weighted by Crippen LogP contribution is -3.04. The molecule has 1 fully saturated rings. The van der Waals surface area contributed by atoms with Gasteiger partial charge in [0.1, 0.15) is 0 Å². The van der Waals surface area contributed by atoms with Crippen LogP contribution in [0, 0.1) is 13.0 Å². The normalized spacial score (nSPS) is 24.7. The molecule has 0 aromatic rings. The van der Waals surface area contributed by atoms with Crippen molar-refractivity contribution in [2.75, 3.05) is 13.6 Å². The largest absolute Gasteiger partial charge is 0.470 e. The molecule has 1 unspecified atom stereocenters. The van der Waals surface area contributed by atoms with E-state index in [1.54, 1.807) is 0 Å². The van der Waals surface area contributed by atoms with Gasteiger partial charge < -0.3 is 4.90 Å². The monoisotopic (exact) mass is 127 g/mol. The van der Waals surface area contributed by atoms with E-state index >= 15 is 0 Å². The summed E-state index contributed by atoms with van der Waals surface area (Å²) >= 11 is 0. The zero-order valence-corrected chi connectivity index (χ0v) is 6.32. The quantitative estimate of drug-likeness (QED) is 0.515. The van der Waals surface area contributed by atoms with Gasteiger partial charge in [0, 0.05) is 13.0 Å². The Morgan fingerprint density at radius 2 is 2.00 bits per heavy atom. The third-order valence-electron chi connectivity index (χ3n) is 2.11. The van der Waals surface area contributed by atoms with Crippen LogP contribution in [0.4, 0.5) is 0 Å². The Morgan fingerprint density at radius 1 is 1.44 bits per heavy atom. The zero-order chi connectivity index (χ0) is 6.69. The second kappa shape index (κ2) is 3.21. The van der Waals surface area contributed by atoms with Crippen LogP contribution in [-0.4, -0.2) is 13.6 Å². The van der Waals surface area contributed by atoms with E-state index in [1.165, 1.54) is 37.1 Å². The molecule has 1 saturated carbocycles. The van der Waals surface area contributed by atoms with E-state index < -0.39 is 0 Å². The molecule has 0 aliphatic heterocycles. The third-order valence-corrected chi connectivity index (χ3v) is 2.11. The van der Waals surface area contributed by atoms with Crippen LogP contribution in [-0.2, 0) is 0 Å². The maximum Gasteiger partial charge on any atom is 0.0556 e. The lowest BCUT2D eigenvalue weighted by atomic mass is 10.1. The molecule has 0 spiro atoms. The van der Waals surface area contributed by atoms with Gasteiger partial charge in [0.05, 0.1) is 6.54 Å². The van der Waals surface area contributed by atoms with Crippen LogP contribution in [0.2, 0.25) is 0 Å². The summed E-state index contributed by atoms with van der Waals surface area (Å²) < 4.78 is 0. The highest BCUT2D eigenvalue weighted by Gasteiger charge is 2.15. The predicted molar refractivity (Wildman–Crippen MR) is 39.1 cm³/mol. The molecule has 1 atom stereocenters. The molecule has 54 valence electrons. The SMILES string of the molecule is [CH2-][NH+](C)CC1CCCC1. The lowest BCUT2D eigenvalue weighted by molar-refractivity contribution is -0.835. The summed E-state index contributed by atoms with van der Waals surface area (Å²) in [4.78, 5) is 1.36. The van der Waals surface area contributed by atoms with Gasteiger partial charge in [0.2, 0.25) is 0 Å².